The normalized spacial score (nSPS) is 14.0. The van der Waals surface area contributed by atoms with Crippen LogP contribution in [0, 0.1) is 0 Å². The maximum absolute atomic E-state index is 12.1. The molecule has 0 aliphatic carbocycles. The van der Waals surface area contributed by atoms with Crippen molar-refractivity contribution in [1.29, 1.82) is 0 Å². The van der Waals surface area contributed by atoms with Gasteiger partial charge in [-0.3, -0.25) is 4.79 Å². The highest BCUT2D eigenvalue weighted by atomic mass is 16.5. The first-order valence-corrected chi connectivity index (χ1v) is 9.73. The molecule has 0 radical (unpaired) electrons. The highest BCUT2D eigenvalue weighted by molar-refractivity contribution is 5.91. The molecule has 144 valence electrons. The largest absolute Gasteiger partial charge is 0.497 e. The average Bonchev–Trinajstić information content (AvgIpc) is 2.73. The van der Waals surface area contributed by atoms with Gasteiger partial charge in [-0.1, -0.05) is 12.1 Å². The van der Waals surface area contributed by atoms with Crippen LogP contribution in [-0.4, -0.2) is 32.7 Å². The standard InChI is InChI=1S/C22H29N3O2/c1-27-21-11-5-18(6-12-21)17-23-14-13-22(26)24-19-7-9-20(10-8-19)25-15-3-2-4-16-25/h5-12,23H,2-4,13-17H2,1H3,(H,24,26). The number of nitrogens with zero attached hydrogens (tertiary/aromatic N) is 1. The smallest absolute Gasteiger partial charge is 0.225 e. The number of hydrogen-bond donors (Lipinski definition) is 2. The molecule has 0 unspecified atom stereocenters. The summed E-state index contributed by atoms with van der Waals surface area (Å²) in [6, 6.07) is 16.1. The van der Waals surface area contributed by atoms with E-state index in [1.165, 1.54) is 30.5 Å². The lowest BCUT2D eigenvalue weighted by molar-refractivity contribution is -0.116. The Bertz CT molecular complexity index is 707. The van der Waals surface area contributed by atoms with Gasteiger partial charge >= 0.3 is 0 Å². The molecule has 1 saturated heterocycles. The Morgan fingerprint density at radius 3 is 2.37 bits per heavy atom. The van der Waals surface area contributed by atoms with E-state index in [0.29, 0.717) is 13.0 Å². The predicted octanol–water partition coefficient (Wildman–Crippen LogP) is 3.80. The quantitative estimate of drug-likeness (QED) is 0.697. The minimum atomic E-state index is 0.0305. The number of carbonyl (C=O) groups excluding carboxylic acids is 1. The van der Waals surface area contributed by atoms with E-state index in [1.54, 1.807) is 7.11 Å². The molecule has 0 aromatic heterocycles. The molecule has 27 heavy (non-hydrogen) atoms. The van der Waals surface area contributed by atoms with E-state index in [9.17, 15) is 4.79 Å². The number of benzene rings is 2. The Morgan fingerprint density at radius 2 is 1.70 bits per heavy atom. The van der Waals surface area contributed by atoms with E-state index in [4.69, 9.17) is 4.74 Å². The minimum Gasteiger partial charge on any atom is -0.497 e. The molecule has 1 aliphatic rings. The summed E-state index contributed by atoms with van der Waals surface area (Å²) in [5.74, 6) is 0.882. The van der Waals surface area contributed by atoms with Crippen molar-refractivity contribution >= 4 is 17.3 Å². The highest BCUT2D eigenvalue weighted by Gasteiger charge is 2.10. The molecule has 2 aromatic rings. The van der Waals surface area contributed by atoms with Gasteiger partial charge in [-0.2, -0.15) is 0 Å². The van der Waals surface area contributed by atoms with Gasteiger partial charge in [-0.05, 0) is 61.2 Å². The molecular formula is C22H29N3O2. The Morgan fingerprint density at radius 1 is 1.00 bits per heavy atom. The number of piperidine rings is 1. The molecule has 1 heterocycles. The van der Waals surface area contributed by atoms with Crippen LogP contribution in [0.4, 0.5) is 11.4 Å². The fraction of sp³-hybridized carbons (Fsp3) is 0.409. The lowest BCUT2D eigenvalue weighted by atomic mass is 10.1. The summed E-state index contributed by atoms with van der Waals surface area (Å²) in [7, 11) is 1.66. The van der Waals surface area contributed by atoms with Gasteiger partial charge < -0.3 is 20.3 Å². The molecule has 2 aromatic carbocycles. The first kappa shape index (κ1) is 19.2. The van der Waals surface area contributed by atoms with Crippen LogP contribution in [0.25, 0.3) is 0 Å². The van der Waals surface area contributed by atoms with Crippen LogP contribution in [-0.2, 0) is 11.3 Å². The third kappa shape index (κ3) is 6.00. The molecule has 0 saturated carbocycles. The fourth-order valence-electron chi connectivity index (χ4n) is 3.31. The monoisotopic (exact) mass is 367 g/mol. The zero-order chi connectivity index (χ0) is 18.9. The second kappa shape index (κ2) is 9.97. The molecule has 1 amide bonds. The van der Waals surface area contributed by atoms with Crippen molar-refractivity contribution in [3.05, 3.63) is 54.1 Å². The van der Waals surface area contributed by atoms with E-state index in [-0.39, 0.29) is 5.91 Å². The van der Waals surface area contributed by atoms with Gasteiger partial charge in [-0.25, -0.2) is 0 Å². The van der Waals surface area contributed by atoms with Crippen molar-refractivity contribution in [1.82, 2.24) is 5.32 Å². The number of carbonyl (C=O) groups is 1. The van der Waals surface area contributed by atoms with Crippen LogP contribution < -0.4 is 20.3 Å². The second-order valence-corrected chi connectivity index (χ2v) is 6.92. The van der Waals surface area contributed by atoms with Crippen molar-refractivity contribution in [2.24, 2.45) is 0 Å². The lowest BCUT2D eigenvalue weighted by Gasteiger charge is -2.28. The number of ether oxygens (including phenoxy) is 1. The SMILES string of the molecule is COc1ccc(CNCCC(=O)Nc2ccc(N3CCCCC3)cc2)cc1. The minimum absolute atomic E-state index is 0.0305. The average molecular weight is 367 g/mol. The molecule has 1 fully saturated rings. The molecule has 0 spiro atoms. The van der Waals surface area contributed by atoms with Crippen LogP contribution in [0.15, 0.2) is 48.5 Å². The van der Waals surface area contributed by atoms with Crippen molar-refractivity contribution in [3.63, 3.8) is 0 Å². The summed E-state index contributed by atoms with van der Waals surface area (Å²) in [6.45, 7) is 3.64. The Labute approximate surface area is 161 Å². The van der Waals surface area contributed by atoms with Crippen LogP contribution in [0.1, 0.15) is 31.2 Å². The molecule has 2 N–H and O–H groups in total. The molecule has 0 atom stereocenters. The van der Waals surface area contributed by atoms with Crippen molar-refractivity contribution in [2.45, 2.75) is 32.2 Å². The van der Waals surface area contributed by atoms with E-state index in [2.05, 4.69) is 27.7 Å². The summed E-state index contributed by atoms with van der Waals surface area (Å²) < 4.78 is 5.15. The summed E-state index contributed by atoms with van der Waals surface area (Å²) in [6.07, 6.45) is 4.31. The van der Waals surface area contributed by atoms with E-state index >= 15 is 0 Å². The molecule has 5 nitrogen and oxygen atoms in total. The van der Waals surface area contributed by atoms with Gasteiger partial charge in [0.2, 0.25) is 5.91 Å². The van der Waals surface area contributed by atoms with E-state index < -0.39 is 0 Å². The van der Waals surface area contributed by atoms with Crippen LogP contribution in [0.2, 0.25) is 0 Å². The zero-order valence-corrected chi connectivity index (χ0v) is 16.0. The predicted molar refractivity (Wildman–Crippen MR) is 110 cm³/mol. The third-order valence-electron chi connectivity index (χ3n) is 4.89. The van der Waals surface area contributed by atoms with Crippen LogP contribution in [0.3, 0.4) is 0 Å². The summed E-state index contributed by atoms with van der Waals surface area (Å²) in [4.78, 5) is 14.5. The molecule has 1 aliphatic heterocycles. The summed E-state index contributed by atoms with van der Waals surface area (Å²) in [5, 5.41) is 6.27. The second-order valence-electron chi connectivity index (χ2n) is 6.92. The first-order chi connectivity index (χ1) is 13.2. The topological polar surface area (TPSA) is 53.6 Å². The number of anilines is 2. The Hall–Kier alpha value is -2.53. The number of hydrogen-bond acceptors (Lipinski definition) is 4. The first-order valence-electron chi connectivity index (χ1n) is 9.73. The molecule has 3 rings (SSSR count). The van der Waals surface area contributed by atoms with Crippen LogP contribution >= 0.6 is 0 Å². The number of methoxy groups -OCH3 is 1. The van der Waals surface area contributed by atoms with Crippen molar-refractivity contribution < 1.29 is 9.53 Å². The van der Waals surface area contributed by atoms with Gasteiger partial charge in [0.25, 0.3) is 0 Å². The number of nitrogens with one attached hydrogen (secondary N) is 2. The summed E-state index contributed by atoms with van der Waals surface area (Å²) in [5.41, 5.74) is 3.27. The van der Waals surface area contributed by atoms with Gasteiger partial charge in [0, 0.05) is 44.0 Å². The Balaban J connectivity index is 1.37. The fourth-order valence-corrected chi connectivity index (χ4v) is 3.31. The number of rotatable bonds is 8. The lowest BCUT2D eigenvalue weighted by Crippen LogP contribution is -2.29. The van der Waals surface area contributed by atoms with Gasteiger partial charge in [0.05, 0.1) is 7.11 Å². The van der Waals surface area contributed by atoms with Gasteiger partial charge in [-0.15, -0.1) is 0 Å². The third-order valence-corrected chi connectivity index (χ3v) is 4.89. The van der Waals surface area contributed by atoms with E-state index in [0.717, 1.165) is 31.1 Å². The molecule has 5 heteroatoms. The van der Waals surface area contributed by atoms with Gasteiger partial charge in [0.1, 0.15) is 5.75 Å². The molecular weight excluding hydrogens is 338 g/mol. The van der Waals surface area contributed by atoms with Crippen LogP contribution in [0.5, 0.6) is 5.75 Å². The maximum Gasteiger partial charge on any atom is 0.225 e. The summed E-state index contributed by atoms with van der Waals surface area (Å²) >= 11 is 0. The zero-order valence-electron chi connectivity index (χ0n) is 16.0. The molecule has 0 bridgehead atoms. The number of amides is 1. The Kier molecular flexibility index (Phi) is 7.11. The van der Waals surface area contributed by atoms with Crippen molar-refractivity contribution in [2.75, 3.05) is 37.0 Å². The highest BCUT2D eigenvalue weighted by Crippen LogP contribution is 2.21. The maximum atomic E-state index is 12.1. The van der Waals surface area contributed by atoms with E-state index in [1.807, 2.05) is 36.4 Å². The van der Waals surface area contributed by atoms with Gasteiger partial charge in [0.15, 0.2) is 0 Å². The van der Waals surface area contributed by atoms with Crippen molar-refractivity contribution in [3.8, 4) is 5.75 Å².